The maximum Gasteiger partial charge on any atom is 0.290 e. The first kappa shape index (κ1) is 28.3. The van der Waals surface area contributed by atoms with Gasteiger partial charge < -0.3 is 15.7 Å². The zero-order valence-corrected chi connectivity index (χ0v) is 25.1. The van der Waals surface area contributed by atoms with E-state index in [-0.39, 0.29) is 22.3 Å². The van der Waals surface area contributed by atoms with E-state index in [1.54, 1.807) is 36.9 Å². The molecule has 1 aliphatic heterocycles. The van der Waals surface area contributed by atoms with Gasteiger partial charge in [-0.25, -0.2) is 9.07 Å². The van der Waals surface area contributed by atoms with Crippen LogP contribution in [-0.2, 0) is 27.1 Å². The third-order valence-corrected chi connectivity index (χ3v) is 9.43. The summed E-state index contributed by atoms with van der Waals surface area (Å²) in [7, 11) is 3.43. The van der Waals surface area contributed by atoms with Crippen LogP contribution in [0.15, 0.2) is 35.1 Å². The fraction of sp³-hybridized carbons (Fsp3) is 0.400. The third kappa shape index (κ3) is 5.03. The number of amides is 1. The summed E-state index contributed by atoms with van der Waals surface area (Å²) in [6, 6.07) is 8.10. The zero-order valence-electron chi connectivity index (χ0n) is 24.3. The monoisotopic (exact) mass is 591 g/mol. The SMILES string of the molecule is Cc1c(-c2cc(Nc3cc(CN4CCC4)n(C)n3)c(=O)n(C)n2)ccc(F)c1NC(=O)c1cc2c(s1)CC(C)(C)[C@H]2O. The van der Waals surface area contributed by atoms with E-state index in [1.165, 1.54) is 28.5 Å². The number of hydrogen-bond donors (Lipinski definition) is 3. The summed E-state index contributed by atoms with van der Waals surface area (Å²) >= 11 is 1.32. The number of likely N-dealkylation sites (tertiary alicyclic amines) is 1. The highest BCUT2D eigenvalue weighted by atomic mass is 32.1. The Hall–Kier alpha value is -3.87. The minimum atomic E-state index is -0.649. The van der Waals surface area contributed by atoms with Gasteiger partial charge in [0.05, 0.1) is 28.1 Å². The molecule has 4 aromatic rings. The molecule has 0 saturated carbocycles. The number of halogens is 1. The van der Waals surface area contributed by atoms with Crippen LogP contribution in [0.25, 0.3) is 11.3 Å². The average molecular weight is 592 g/mol. The van der Waals surface area contributed by atoms with Gasteiger partial charge in [0.1, 0.15) is 11.5 Å². The van der Waals surface area contributed by atoms with Crippen LogP contribution < -0.4 is 16.2 Å². The topological polar surface area (TPSA) is 117 Å². The molecule has 1 aliphatic carbocycles. The van der Waals surface area contributed by atoms with E-state index in [0.717, 1.165) is 35.8 Å². The Morgan fingerprint density at radius 3 is 2.62 bits per heavy atom. The van der Waals surface area contributed by atoms with Crippen molar-refractivity contribution in [2.45, 2.75) is 46.3 Å². The summed E-state index contributed by atoms with van der Waals surface area (Å²) in [6.45, 7) is 8.61. The molecule has 0 radical (unpaired) electrons. The molecule has 0 unspecified atom stereocenters. The number of aliphatic hydroxyl groups excluding tert-OH is 1. The van der Waals surface area contributed by atoms with E-state index in [4.69, 9.17) is 0 Å². The van der Waals surface area contributed by atoms with Gasteiger partial charge in [-0.3, -0.25) is 19.2 Å². The lowest BCUT2D eigenvalue weighted by Gasteiger charge is -2.30. The number of fused-ring (bicyclic) bond motifs is 1. The molecular formula is C30H34FN7O3S. The van der Waals surface area contributed by atoms with Gasteiger partial charge in [0, 0.05) is 37.1 Å². The van der Waals surface area contributed by atoms with Crippen molar-refractivity contribution in [3.05, 3.63) is 73.1 Å². The van der Waals surface area contributed by atoms with Crippen LogP contribution in [0, 0.1) is 18.2 Å². The molecule has 10 nitrogen and oxygen atoms in total. The molecular weight excluding hydrogens is 557 g/mol. The molecule has 42 heavy (non-hydrogen) atoms. The Balaban J connectivity index is 1.27. The molecule has 6 rings (SSSR count). The maximum atomic E-state index is 15.1. The molecule has 220 valence electrons. The quantitative estimate of drug-likeness (QED) is 0.290. The Morgan fingerprint density at radius 1 is 1.17 bits per heavy atom. The Labute approximate surface area is 246 Å². The number of aliphatic hydroxyl groups is 1. The zero-order chi connectivity index (χ0) is 29.9. The van der Waals surface area contributed by atoms with E-state index in [9.17, 15) is 14.7 Å². The van der Waals surface area contributed by atoms with Crippen molar-refractivity contribution >= 4 is 34.4 Å². The maximum absolute atomic E-state index is 15.1. The molecule has 1 amide bonds. The first-order chi connectivity index (χ1) is 19.9. The molecule has 1 atom stereocenters. The molecule has 1 saturated heterocycles. The number of benzene rings is 1. The van der Waals surface area contributed by atoms with Crippen LogP contribution in [0.5, 0.6) is 0 Å². The number of hydrogen-bond acceptors (Lipinski definition) is 8. The fourth-order valence-electron chi connectivity index (χ4n) is 5.59. The summed E-state index contributed by atoms with van der Waals surface area (Å²) in [5.74, 6) is -0.484. The van der Waals surface area contributed by atoms with Crippen LogP contribution in [0.3, 0.4) is 0 Å². The smallest absolute Gasteiger partial charge is 0.290 e. The van der Waals surface area contributed by atoms with E-state index in [2.05, 4.69) is 25.7 Å². The van der Waals surface area contributed by atoms with Gasteiger partial charge in [-0.15, -0.1) is 11.3 Å². The first-order valence-electron chi connectivity index (χ1n) is 13.9. The molecule has 12 heteroatoms. The van der Waals surface area contributed by atoms with Crippen LogP contribution in [0.2, 0.25) is 0 Å². The molecule has 1 fully saturated rings. The highest BCUT2D eigenvalue weighted by Crippen LogP contribution is 2.48. The third-order valence-electron chi connectivity index (χ3n) is 8.28. The number of thiophene rings is 1. The van der Waals surface area contributed by atoms with Crippen molar-refractivity contribution in [3.63, 3.8) is 0 Å². The summed E-state index contributed by atoms with van der Waals surface area (Å²) in [5.41, 5.74) is 2.97. The number of anilines is 3. The lowest BCUT2D eigenvalue weighted by molar-refractivity contribution is 0.0665. The van der Waals surface area contributed by atoms with Crippen LogP contribution in [0.1, 0.15) is 57.7 Å². The minimum Gasteiger partial charge on any atom is -0.388 e. The van der Waals surface area contributed by atoms with Gasteiger partial charge in [0.25, 0.3) is 11.5 Å². The largest absolute Gasteiger partial charge is 0.388 e. The second kappa shape index (κ2) is 10.4. The Morgan fingerprint density at radius 2 is 1.93 bits per heavy atom. The number of aromatic nitrogens is 4. The second-order valence-electron chi connectivity index (χ2n) is 11.9. The fourth-order valence-corrected chi connectivity index (χ4v) is 6.92. The Kier molecular flexibility index (Phi) is 7.03. The van der Waals surface area contributed by atoms with E-state index in [0.29, 0.717) is 33.9 Å². The van der Waals surface area contributed by atoms with Crippen molar-refractivity contribution < 1.29 is 14.3 Å². The number of nitrogens with one attached hydrogen (secondary N) is 2. The summed E-state index contributed by atoms with van der Waals surface area (Å²) in [4.78, 5) is 29.9. The van der Waals surface area contributed by atoms with E-state index in [1.807, 2.05) is 27.0 Å². The van der Waals surface area contributed by atoms with Crippen LogP contribution >= 0.6 is 11.3 Å². The lowest BCUT2D eigenvalue weighted by Crippen LogP contribution is -2.36. The lowest BCUT2D eigenvalue weighted by atomic mass is 9.88. The molecule has 0 bridgehead atoms. The van der Waals surface area contributed by atoms with Gasteiger partial charge in [0.2, 0.25) is 0 Å². The number of carbonyl (C=O) groups excluding carboxylic acids is 1. The van der Waals surface area contributed by atoms with Gasteiger partial charge >= 0.3 is 0 Å². The highest BCUT2D eigenvalue weighted by Gasteiger charge is 2.40. The van der Waals surface area contributed by atoms with Crippen molar-refractivity contribution in [1.29, 1.82) is 0 Å². The van der Waals surface area contributed by atoms with E-state index < -0.39 is 17.8 Å². The first-order valence-corrected chi connectivity index (χ1v) is 14.7. The molecule has 3 N–H and O–H groups in total. The van der Waals surface area contributed by atoms with Crippen LogP contribution in [0.4, 0.5) is 21.6 Å². The second-order valence-corrected chi connectivity index (χ2v) is 13.0. The van der Waals surface area contributed by atoms with Crippen molar-refractivity contribution in [2.24, 2.45) is 19.5 Å². The molecule has 3 aromatic heterocycles. The van der Waals surface area contributed by atoms with Crippen molar-refractivity contribution in [2.75, 3.05) is 23.7 Å². The molecule has 0 spiro atoms. The molecule has 4 heterocycles. The number of nitrogens with zero attached hydrogens (tertiary/aromatic N) is 5. The van der Waals surface area contributed by atoms with Crippen molar-refractivity contribution in [3.8, 4) is 11.3 Å². The summed E-state index contributed by atoms with van der Waals surface area (Å²) in [5, 5.41) is 25.4. The number of carbonyl (C=O) groups is 1. The average Bonchev–Trinajstić information content (AvgIpc) is 3.53. The van der Waals surface area contributed by atoms with Gasteiger partial charge in [-0.05, 0) is 73.7 Å². The minimum absolute atomic E-state index is 0.0393. The van der Waals surface area contributed by atoms with Crippen molar-refractivity contribution in [1.82, 2.24) is 24.5 Å². The normalized spacial score (nSPS) is 17.6. The van der Waals surface area contributed by atoms with Gasteiger partial charge in [-0.2, -0.15) is 10.2 Å². The molecule has 2 aliphatic rings. The predicted molar refractivity (Wildman–Crippen MR) is 161 cm³/mol. The number of rotatable bonds is 7. The standard InChI is InChI=1S/C30H34FN7O3S/c1-16-18(7-8-20(31)26(16)33-28(40)23-12-19-24(42-23)14-30(2,3)27(19)39)21-13-22(29(41)37(5)34-21)32-25-11-17(36(4)35-25)15-38-9-6-10-38/h7-8,11-13,27,39H,6,9-10,14-15H2,1-5H3,(H,32,35)(H,33,40)/t27-/m0/s1. The Bertz CT molecular complexity index is 1770. The highest BCUT2D eigenvalue weighted by molar-refractivity contribution is 7.14. The molecule has 1 aromatic carbocycles. The number of aryl methyl sites for hydroxylation is 2. The predicted octanol–water partition coefficient (Wildman–Crippen LogP) is 4.51. The van der Waals surface area contributed by atoms with Gasteiger partial charge in [-0.1, -0.05) is 13.8 Å². The van der Waals surface area contributed by atoms with Gasteiger partial charge in [0.15, 0.2) is 5.82 Å². The van der Waals surface area contributed by atoms with E-state index >= 15 is 4.39 Å². The summed E-state index contributed by atoms with van der Waals surface area (Å²) in [6.07, 6.45) is 1.23. The summed E-state index contributed by atoms with van der Waals surface area (Å²) < 4.78 is 18.1. The van der Waals surface area contributed by atoms with Crippen LogP contribution in [-0.4, -0.2) is 48.6 Å².